The highest BCUT2D eigenvalue weighted by atomic mass is 35.5. The zero-order valence-electron chi connectivity index (χ0n) is 10.6. The number of hydrogen-bond donors (Lipinski definition) is 0. The Morgan fingerprint density at radius 2 is 2.05 bits per heavy atom. The molecule has 1 aromatic rings. The van der Waals surface area contributed by atoms with E-state index in [0.717, 1.165) is 19.6 Å². The normalized spacial score (nSPS) is 17.1. The van der Waals surface area contributed by atoms with Gasteiger partial charge in [0.1, 0.15) is 5.75 Å². The summed E-state index contributed by atoms with van der Waals surface area (Å²) in [6.07, 6.45) is -1.37. The monoisotopic (exact) mass is 305 g/mol. The molecule has 1 aliphatic rings. The van der Waals surface area contributed by atoms with Crippen LogP contribution in [0.25, 0.3) is 0 Å². The Morgan fingerprint density at radius 3 is 2.45 bits per heavy atom. The van der Waals surface area contributed by atoms with Crippen LogP contribution in [0.5, 0.6) is 5.75 Å². The Bertz CT molecular complexity index is 576. The first kappa shape index (κ1) is 14.9. The molecule has 0 heterocycles. The summed E-state index contributed by atoms with van der Waals surface area (Å²) in [5.74, 6) is -0.424. The third kappa shape index (κ3) is 2.41. The molecule has 1 aromatic carbocycles. The molecule has 0 unspecified atom stereocenters. The maximum Gasteiger partial charge on any atom is 0.420 e. The number of alkyl halides is 3. The minimum atomic E-state index is -4.60. The summed E-state index contributed by atoms with van der Waals surface area (Å²) in [5, 5.41) is -0.148. The lowest BCUT2D eigenvalue weighted by atomic mass is 9.72. The molecule has 1 fully saturated rings. The number of nitrogens with zero attached hydrogens (tertiary/aromatic N) is 1. The van der Waals surface area contributed by atoms with Gasteiger partial charge in [0, 0.05) is 0 Å². The smallest absolute Gasteiger partial charge is 0.420 e. The van der Waals surface area contributed by atoms with E-state index in [4.69, 9.17) is 16.3 Å². The van der Waals surface area contributed by atoms with Crippen LogP contribution >= 0.6 is 11.6 Å². The van der Waals surface area contributed by atoms with Crippen molar-refractivity contribution >= 4 is 17.7 Å². The van der Waals surface area contributed by atoms with E-state index in [0.29, 0.717) is 12.8 Å². The van der Waals surface area contributed by atoms with Crippen molar-refractivity contribution in [3.63, 3.8) is 0 Å². The van der Waals surface area contributed by atoms with E-state index < -0.39 is 23.0 Å². The van der Waals surface area contributed by atoms with Gasteiger partial charge < -0.3 is 4.74 Å². The van der Waals surface area contributed by atoms with Gasteiger partial charge in [0.25, 0.3) is 0 Å². The van der Waals surface area contributed by atoms with Gasteiger partial charge in [0.2, 0.25) is 6.08 Å². The van der Waals surface area contributed by atoms with Gasteiger partial charge in [0.05, 0.1) is 23.2 Å². The molecule has 108 valence electrons. The highest BCUT2D eigenvalue weighted by Gasteiger charge is 2.43. The number of ether oxygens (including phenoxy) is 1. The van der Waals surface area contributed by atoms with Crippen LogP contribution in [-0.2, 0) is 16.5 Å². The van der Waals surface area contributed by atoms with Crippen LogP contribution < -0.4 is 4.74 Å². The minimum absolute atomic E-state index is 0.148. The van der Waals surface area contributed by atoms with Crippen molar-refractivity contribution in [1.82, 2.24) is 0 Å². The molecule has 2 rings (SSSR count). The van der Waals surface area contributed by atoms with E-state index in [1.165, 1.54) is 12.1 Å². The standard InChI is InChI=1S/C13H11ClF3NO2/c1-20-11-9(13(15,16)17)5-8(6-10(11)14)12(18-7-19)3-2-4-12/h5-6H,2-4H2,1H3. The third-order valence-corrected chi connectivity index (χ3v) is 3.81. The number of methoxy groups -OCH3 is 1. The summed E-state index contributed by atoms with van der Waals surface area (Å²) in [5.41, 5.74) is -1.63. The fraction of sp³-hybridized carbons (Fsp3) is 0.462. The van der Waals surface area contributed by atoms with Crippen LogP contribution in [0.2, 0.25) is 5.02 Å². The van der Waals surface area contributed by atoms with Gasteiger partial charge in [-0.2, -0.15) is 18.2 Å². The van der Waals surface area contributed by atoms with Crippen LogP contribution in [-0.4, -0.2) is 13.2 Å². The summed E-state index contributed by atoms with van der Waals surface area (Å²) in [6, 6.07) is 2.32. The lowest BCUT2D eigenvalue weighted by molar-refractivity contribution is -0.138. The van der Waals surface area contributed by atoms with Crippen molar-refractivity contribution in [3.8, 4) is 5.75 Å². The highest BCUT2D eigenvalue weighted by molar-refractivity contribution is 6.32. The average molecular weight is 306 g/mol. The van der Waals surface area contributed by atoms with E-state index in [9.17, 15) is 18.0 Å². The second-order valence-electron chi connectivity index (χ2n) is 4.62. The number of rotatable bonds is 3. The number of aliphatic imine (C=N–C) groups is 1. The number of carbonyl (C=O) groups excluding carboxylic acids is 1. The Labute approximate surface area is 118 Å². The quantitative estimate of drug-likeness (QED) is 0.623. The van der Waals surface area contributed by atoms with Crippen molar-refractivity contribution < 1.29 is 22.7 Å². The predicted molar refractivity (Wildman–Crippen MR) is 66.7 cm³/mol. The number of hydrogen-bond acceptors (Lipinski definition) is 3. The van der Waals surface area contributed by atoms with Crippen molar-refractivity contribution in [1.29, 1.82) is 0 Å². The fourth-order valence-electron chi connectivity index (χ4n) is 2.34. The first-order chi connectivity index (χ1) is 9.34. The van der Waals surface area contributed by atoms with Crippen LogP contribution in [0.3, 0.4) is 0 Å². The summed E-state index contributed by atoms with van der Waals surface area (Å²) in [7, 11) is 1.12. The predicted octanol–water partition coefficient (Wildman–Crippen LogP) is 4.08. The van der Waals surface area contributed by atoms with E-state index in [-0.39, 0.29) is 10.6 Å². The Hall–Kier alpha value is -1.52. The molecule has 7 heteroatoms. The molecule has 0 saturated heterocycles. The molecule has 0 atom stereocenters. The van der Waals surface area contributed by atoms with Gasteiger partial charge in [-0.3, -0.25) is 0 Å². The van der Waals surface area contributed by atoms with Crippen molar-refractivity contribution in [2.24, 2.45) is 4.99 Å². The van der Waals surface area contributed by atoms with Crippen molar-refractivity contribution in [2.75, 3.05) is 7.11 Å². The minimum Gasteiger partial charge on any atom is -0.495 e. The zero-order valence-corrected chi connectivity index (χ0v) is 11.3. The lowest BCUT2D eigenvalue weighted by Crippen LogP contribution is -2.32. The Kier molecular flexibility index (Phi) is 3.80. The first-order valence-electron chi connectivity index (χ1n) is 5.88. The van der Waals surface area contributed by atoms with Crippen LogP contribution in [0, 0.1) is 0 Å². The Morgan fingerprint density at radius 1 is 1.40 bits per heavy atom. The molecule has 0 amide bonds. The third-order valence-electron chi connectivity index (χ3n) is 3.53. The topological polar surface area (TPSA) is 38.7 Å². The van der Waals surface area contributed by atoms with Crippen LogP contribution in [0.15, 0.2) is 17.1 Å². The van der Waals surface area contributed by atoms with E-state index >= 15 is 0 Å². The zero-order chi connectivity index (χ0) is 15.0. The summed E-state index contributed by atoms with van der Waals surface area (Å²) in [4.78, 5) is 14.2. The van der Waals surface area contributed by atoms with Gasteiger partial charge in [-0.15, -0.1) is 0 Å². The lowest BCUT2D eigenvalue weighted by Gasteiger charge is -2.37. The summed E-state index contributed by atoms with van der Waals surface area (Å²) >= 11 is 5.86. The molecule has 3 nitrogen and oxygen atoms in total. The van der Waals surface area contributed by atoms with Crippen molar-refractivity contribution in [3.05, 3.63) is 28.3 Å². The summed E-state index contributed by atoms with van der Waals surface area (Å²) in [6.45, 7) is 0. The largest absolute Gasteiger partial charge is 0.495 e. The first-order valence-corrected chi connectivity index (χ1v) is 6.26. The molecule has 0 aliphatic heterocycles. The SMILES string of the molecule is COc1c(Cl)cc(C2(N=C=O)CCC2)cc1C(F)(F)F. The van der Waals surface area contributed by atoms with Crippen LogP contribution in [0.4, 0.5) is 13.2 Å². The molecule has 0 aromatic heterocycles. The van der Waals surface area contributed by atoms with E-state index in [2.05, 4.69) is 4.99 Å². The highest BCUT2D eigenvalue weighted by Crippen LogP contribution is 2.49. The second-order valence-corrected chi connectivity index (χ2v) is 5.03. The molecular weight excluding hydrogens is 295 g/mol. The fourth-order valence-corrected chi connectivity index (χ4v) is 2.64. The maximum atomic E-state index is 13.0. The van der Waals surface area contributed by atoms with Gasteiger partial charge in [-0.05, 0) is 37.0 Å². The van der Waals surface area contributed by atoms with E-state index in [1.807, 2.05) is 0 Å². The molecule has 0 spiro atoms. The molecular formula is C13H11ClF3NO2. The van der Waals surface area contributed by atoms with Gasteiger partial charge in [-0.25, -0.2) is 4.79 Å². The maximum absolute atomic E-state index is 13.0. The van der Waals surface area contributed by atoms with Crippen molar-refractivity contribution in [2.45, 2.75) is 31.0 Å². The average Bonchev–Trinajstić information content (AvgIpc) is 2.31. The second kappa shape index (κ2) is 5.11. The number of halogens is 4. The summed E-state index contributed by atoms with van der Waals surface area (Å²) < 4.78 is 43.9. The van der Waals surface area contributed by atoms with Crippen LogP contribution in [0.1, 0.15) is 30.4 Å². The van der Waals surface area contributed by atoms with Gasteiger partial charge in [0.15, 0.2) is 0 Å². The van der Waals surface area contributed by atoms with Gasteiger partial charge in [-0.1, -0.05) is 11.6 Å². The number of isocyanates is 1. The van der Waals surface area contributed by atoms with Gasteiger partial charge >= 0.3 is 6.18 Å². The molecule has 0 N–H and O–H groups in total. The van der Waals surface area contributed by atoms with E-state index in [1.54, 1.807) is 0 Å². The molecule has 1 saturated carbocycles. The molecule has 0 bridgehead atoms. The molecule has 0 radical (unpaired) electrons. The molecule has 1 aliphatic carbocycles. The molecule has 20 heavy (non-hydrogen) atoms. The number of benzene rings is 1. The Balaban J connectivity index is 2.62.